The molecule has 0 fully saturated rings. The quantitative estimate of drug-likeness (QED) is 0.503. The van der Waals surface area contributed by atoms with E-state index < -0.39 is 23.8 Å². The highest BCUT2D eigenvalue weighted by molar-refractivity contribution is 5.87. The standard InChI is InChI=1S/C21H30F2N2O3/c1-4-6-8-21(28)25-18(7-5-2)13-20(27)19(24-14(3)26)11-15-9-16(22)12-17(23)10-15/h6,8-10,12,18-20,27H,4-5,7,11,13H2,1-3H3,(H,24,26)(H,25,28)/b8-6+/t18?,19-,20-/m0/s1. The fourth-order valence-corrected chi connectivity index (χ4v) is 3.05. The van der Waals surface area contributed by atoms with Crippen LogP contribution in [0.3, 0.4) is 0 Å². The zero-order valence-corrected chi connectivity index (χ0v) is 16.7. The van der Waals surface area contributed by atoms with Gasteiger partial charge in [0.05, 0.1) is 12.1 Å². The van der Waals surface area contributed by atoms with E-state index in [1.807, 2.05) is 13.8 Å². The van der Waals surface area contributed by atoms with Gasteiger partial charge in [-0.2, -0.15) is 0 Å². The lowest BCUT2D eigenvalue weighted by atomic mass is 9.94. The normalized spacial score (nSPS) is 14.5. The molecule has 0 aromatic heterocycles. The number of aliphatic hydroxyl groups excluding tert-OH is 1. The first-order chi connectivity index (χ1) is 13.2. The molecule has 0 aliphatic heterocycles. The summed E-state index contributed by atoms with van der Waals surface area (Å²) in [5.41, 5.74) is 0.331. The van der Waals surface area contributed by atoms with Crippen molar-refractivity contribution in [1.29, 1.82) is 0 Å². The smallest absolute Gasteiger partial charge is 0.243 e. The Hall–Kier alpha value is -2.28. The highest BCUT2D eigenvalue weighted by Crippen LogP contribution is 2.15. The van der Waals surface area contributed by atoms with Crippen molar-refractivity contribution in [3.63, 3.8) is 0 Å². The molecule has 1 aromatic rings. The van der Waals surface area contributed by atoms with E-state index in [1.54, 1.807) is 6.08 Å². The zero-order valence-electron chi connectivity index (χ0n) is 16.7. The summed E-state index contributed by atoms with van der Waals surface area (Å²) < 4.78 is 26.9. The van der Waals surface area contributed by atoms with Crippen molar-refractivity contribution in [1.82, 2.24) is 10.6 Å². The second-order valence-electron chi connectivity index (χ2n) is 6.90. The minimum atomic E-state index is -0.998. The van der Waals surface area contributed by atoms with Crippen molar-refractivity contribution in [2.75, 3.05) is 0 Å². The highest BCUT2D eigenvalue weighted by Gasteiger charge is 2.25. The molecule has 0 aliphatic carbocycles. The van der Waals surface area contributed by atoms with E-state index in [2.05, 4.69) is 10.6 Å². The Morgan fingerprint density at radius 3 is 2.32 bits per heavy atom. The van der Waals surface area contributed by atoms with Crippen LogP contribution in [0.25, 0.3) is 0 Å². The molecule has 2 amide bonds. The molecular formula is C21H30F2N2O3. The maximum Gasteiger partial charge on any atom is 0.243 e. The molecule has 0 bridgehead atoms. The third kappa shape index (κ3) is 9.08. The number of benzene rings is 1. The van der Waals surface area contributed by atoms with Gasteiger partial charge >= 0.3 is 0 Å². The lowest BCUT2D eigenvalue weighted by molar-refractivity contribution is -0.121. The van der Waals surface area contributed by atoms with Crippen molar-refractivity contribution in [2.24, 2.45) is 0 Å². The fourth-order valence-electron chi connectivity index (χ4n) is 3.05. The van der Waals surface area contributed by atoms with Crippen LogP contribution in [-0.2, 0) is 16.0 Å². The summed E-state index contributed by atoms with van der Waals surface area (Å²) in [7, 11) is 0. The average Bonchev–Trinajstić information content (AvgIpc) is 2.58. The molecule has 3 N–H and O–H groups in total. The number of aliphatic hydroxyl groups is 1. The van der Waals surface area contributed by atoms with Crippen molar-refractivity contribution < 1.29 is 23.5 Å². The summed E-state index contributed by atoms with van der Waals surface area (Å²) in [5, 5.41) is 16.2. The molecule has 3 atom stereocenters. The number of rotatable bonds is 11. The number of nitrogens with one attached hydrogen (secondary N) is 2. The molecule has 28 heavy (non-hydrogen) atoms. The van der Waals surface area contributed by atoms with Gasteiger partial charge in [-0.3, -0.25) is 9.59 Å². The maximum atomic E-state index is 13.5. The predicted molar refractivity (Wildman–Crippen MR) is 105 cm³/mol. The summed E-state index contributed by atoms with van der Waals surface area (Å²) in [6.45, 7) is 5.20. The maximum absolute atomic E-state index is 13.5. The van der Waals surface area contributed by atoms with Gasteiger partial charge in [-0.15, -0.1) is 0 Å². The number of amides is 2. The SMILES string of the molecule is CC/C=C/C(=O)NC(CCC)C[C@H](O)[C@H](Cc1cc(F)cc(F)c1)NC(C)=O. The van der Waals surface area contributed by atoms with Crippen LogP contribution in [0.4, 0.5) is 8.78 Å². The molecule has 0 radical (unpaired) electrons. The zero-order chi connectivity index (χ0) is 21.1. The number of hydrogen-bond donors (Lipinski definition) is 3. The number of allylic oxidation sites excluding steroid dienone is 1. The Morgan fingerprint density at radius 1 is 1.14 bits per heavy atom. The molecule has 1 unspecified atom stereocenters. The van der Waals surface area contributed by atoms with Crippen molar-refractivity contribution in [3.8, 4) is 0 Å². The molecule has 0 spiro atoms. The van der Waals surface area contributed by atoms with E-state index in [9.17, 15) is 23.5 Å². The molecule has 0 saturated carbocycles. The molecule has 1 rings (SSSR count). The van der Waals surface area contributed by atoms with Gasteiger partial charge in [0, 0.05) is 19.0 Å². The van der Waals surface area contributed by atoms with E-state index in [0.29, 0.717) is 12.0 Å². The number of halogens is 2. The van der Waals surface area contributed by atoms with Gasteiger partial charge in [-0.1, -0.05) is 26.3 Å². The van der Waals surface area contributed by atoms with Crippen LogP contribution < -0.4 is 10.6 Å². The number of carbonyl (C=O) groups is 2. The van der Waals surface area contributed by atoms with E-state index in [0.717, 1.165) is 18.9 Å². The summed E-state index contributed by atoms with van der Waals surface area (Å²) in [5.74, 6) is -2.03. The third-order valence-electron chi connectivity index (χ3n) is 4.25. The van der Waals surface area contributed by atoms with Gasteiger partial charge in [-0.25, -0.2) is 8.78 Å². The summed E-state index contributed by atoms with van der Waals surface area (Å²) in [6.07, 6.45) is 4.67. The summed E-state index contributed by atoms with van der Waals surface area (Å²) in [4.78, 5) is 23.5. The highest BCUT2D eigenvalue weighted by atomic mass is 19.1. The van der Waals surface area contributed by atoms with Crippen LogP contribution >= 0.6 is 0 Å². The first-order valence-corrected chi connectivity index (χ1v) is 9.62. The van der Waals surface area contributed by atoms with Crippen LogP contribution in [0.2, 0.25) is 0 Å². The van der Waals surface area contributed by atoms with E-state index in [-0.39, 0.29) is 30.7 Å². The van der Waals surface area contributed by atoms with Crippen molar-refractivity contribution in [3.05, 3.63) is 47.5 Å². The largest absolute Gasteiger partial charge is 0.391 e. The molecule has 0 saturated heterocycles. The Morgan fingerprint density at radius 2 is 1.79 bits per heavy atom. The molecule has 1 aromatic carbocycles. The Labute approximate surface area is 165 Å². The molecule has 156 valence electrons. The number of hydrogen-bond acceptors (Lipinski definition) is 3. The predicted octanol–water partition coefficient (Wildman–Crippen LogP) is 3.01. The first-order valence-electron chi connectivity index (χ1n) is 9.62. The topological polar surface area (TPSA) is 78.4 Å². The minimum Gasteiger partial charge on any atom is -0.391 e. The lowest BCUT2D eigenvalue weighted by Gasteiger charge is -2.28. The van der Waals surface area contributed by atoms with E-state index in [1.165, 1.54) is 25.1 Å². The Bertz CT molecular complexity index is 659. The lowest BCUT2D eigenvalue weighted by Crippen LogP contribution is -2.47. The Kier molecular flexibility index (Phi) is 10.4. The van der Waals surface area contributed by atoms with Gasteiger partial charge in [0.15, 0.2) is 0 Å². The molecule has 0 aliphatic rings. The molecule has 7 heteroatoms. The van der Waals surface area contributed by atoms with Crippen LogP contribution in [0.1, 0.15) is 52.0 Å². The monoisotopic (exact) mass is 396 g/mol. The summed E-state index contributed by atoms with van der Waals surface area (Å²) in [6, 6.07) is 2.09. The van der Waals surface area contributed by atoms with Crippen LogP contribution in [0, 0.1) is 11.6 Å². The third-order valence-corrected chi connectivity index (χ3v) is 4.25. The van der Waals surface area contributed by atoms with Crippen LogP contribution in [0.5, 0.6) is 0 Å². The second-order valence-corrected chi connectivity index (χ2v) is 6.90. The minimum absolute atomic E-state index is 0.0674. The van der Waals surface area contributed by atoms with Crippen molar-refractivity contribution >= 4 is 11.8 Å². The van der Waals surface area contributed by atoms with Crippen LogP contribution in [0.15, 0.2) is 30.4 Å². The molecule has 5 nitrogen and oxygen atoms in total. The summed E-state index contributed by atoms with van der Waals surface area (Å²) >= 11 is 0. The van der Waals surface area contributed by atoms with Gasteiger partial charge in [0.25, 0.3) is 0 Å². The number of carbonyl (C=O) groups excluding carboxylic acids is 2. The van der Waals surface area contributed by atoms with Crippen molar-refractivity contribution in [2.45, 2.75) is 71.1 Å². The Balaban J connectivity index is 2.87. The fraction of sp³-hybridized carbons (Fsp3) is 0.524. The first kappa shape index (κ1) is 23.8. The average molecular weight is 396 g/mol. The van der Waals surface area contributed by atoms with Gasteiger partial charge in [-0.05, 0) is 49.5 Å². The van der Waals surface area contributed by atoms with E-state index in [4.69, 9.17) is 0 Å². The van der Waals surface area contributed by atoms with Gasteiger partial charge in [0.1, 0.15) is 11.6 Å². The second kappa shape index (κ2) is 12.2. The van der Waals surface area contributed by atoms with Crippen LogP contribution in [-0.4, -0.2) is 35.1 Å². The van der Waals surface area contributed by atoms with Gasteiger partial charge < -0.3 is 15.7 Å². The molecule has 0 heterocycles. The van der Waals surface area contributed by atoms with Gasteiger partial charge in [0.2, 0.25) is 11.8 Å². The molecular weight excluding hydrogens is 366 g/mol. The van der Waals surface area contributed by atoms with E-state index >= 15 is 0 Å².